The maximum atomic E-state index is 11.2. The minimum absolute atomic E-state index is 0.142. The smallest absolute Gasteiger partial charge is 0.136 e. The molecule has 5 atom stereocenters. The van der Waals surface area contributed by atoms with Crippen molar-refractivity contribution in [3.63, 3.8) is 0 Å². The van der Waals surface area contributed by atoms with E-state index in [-0.39, 0.29) is 24.0 Å². The molecule has 0 aromatic rings. The molecule has 2 saturated carbocycles. The molecule has 2 aliphatic carbocycles. The van der Waals surface area contributed by atoms with Gasteiger partial charge in [-0.1, -0.05) is 6.92 Å². The van der Waals surface area contributed by atoms with Crippen molar-refractivity contribution in [1.29, 1.82) is 0 Å². The summed E-state index contributed by atoms with van der Waals surface area (Å²) in [7, 11) is 0. The Bertz CT molecular complexity index is 251. The van der Waals surface area contributed by atoms with Gasteiger partial charge in [-0.05, 0) is 37.5 Å². The van der Waals surface area contributed by atoms with Crippen molar-refractivity contribution in [3.8, 4) is 0 Å². The van der Waals surface area contributed by atoms with E-state index >= 15 is 0 Å². The van der Waals surface area contributed by atoms with Gasteiger partial charge in [0.2, 0.25) is 0 Å². The third-order valence-corrected chi connectivity index (χ3v) is 4.21. The van der Waals surface area contributed by atoms with Crippen LogP contribution in [0.3, 0.4) is 0 Å². The number of hydrogen-bond acceptors (Lipinski definition) is 3. The van der Waals surface area contributed by atoms with Gasteiger partial charge in [-0.3, -0.25) is 4.79 Å². The van der Waals surface area contributed by atoms with E-state index in [2.05, 4.69) is 0 Å². The summed E-state index contributed by atoms with van der Waals surface area (Å²) in [5.41, 5.74) is 0. The summed E-state index contributed by atoms with van der Waals surface area (Å²) in [5.74, 6) is 1.15. The van der Waals surface area contributed by atoms with Crippen LogP contribution in [0.25, 0.3) is 0 Å². The van der Waals surface area contributed by atoms with Gasteiger partial charge in [-0.2, -0.15) is 0 Å². The van der Waals surface area contributed by atoms with Gasteiger partial charge in [-0.25, -0.2) is 0 Å². The first kappa shape index (κ1) is 11.1. The van der Waals surface area contributed by atoms with Crippen molar-refractivity contribution in [3.05, 3.63) is 0 Å². The van der Waals surface area contributed by atoms with Crippen LogP contribution < -0.4 is 0 Å². The van der Waals surface area contributed by atoms with Gasteiger partial charge in [0.05, 0.1) is 12.2 Å². The van der Waals surface area contributed by atoms with Crippen molar-refractivity contribution >= 4 is 5.78 Å². The van der Waals surface area contributed by atoms with E-state index in [9.17, 15) is 15.0 Å². The summed E-state index contributed by atoms with van der Waals surface area (Å²) >= 11 is 0. The minimum Gasteiger partial charge on any atom is -0.393 e. The summed E-state index contributed by atoms with van der Waals surface area (Å²) in [5, 5.41) is 19.3. The van der Waals surface area contributed by atoms with E-state index in [1.165, 1.54) is 0 Å². The normalized spacial score (nSPS) is 41.1. The lowest BCUT2D eigenvalue weighted by atomic mass is 9.70. The van der Waals surface area contributed by atoms with Crippen molar-refractivity contribution in [2.24, 2.45) is 17.8 Å². The van der Waals surface area contributed by atoms with E-state index in [1.807, 2.05) is 6.92 Å². The van der Waals surface area contributed by atoms with Crippen molar-refractivity contribution in [2.75, 3.05) is 0 Å². The molecule has 2 aliphatic rings. The zero-order valence-electron chi connectivity index (χ0n) is 9.22. The predicted octanol–water partition coefficient (Wildman–Crippen LogP) is 1.12. The Kier molecular flexibility index (Phi) is 3.12. The van der Waals surface area contributed by atoms with Gasteiger partial charge in [0, 0.05) is 12.3 Å². The average molecular weight is 212 g/mol. The number of aliphatic hydroxyl groups excluding tert-OH is 2. The monoisotopic (exact) mass is 212 g/mol. The van der Waals surface area contributed by atoms with Gasteiger partial charge in [0.15, 0.2) is 0 Å². The summed E-state index contributed by atoms with van der Waals surface area (Å²) in [4.78, 5) is 11.2. The first-order valence-corrected chi connectivity index (χ1v) is 6.02. The number of ketones is 1. The molecule has 0 bridgehead atoms. The lowest BCUT2D eigenvalue weighted by Crippen LogP contribution is -2.36. The minimum atomic E-state index is -0.310. The van der Waals surface area contributed by atoms with E-state index in [0.29, 0.717) is 24.5 Å². The van der Waals surface area contributed by atoms with Crippen LogP contribution in [0.1, 0.15) is 39.0 Å². The second kappa shape index (κ2) is 4.22. The molecule has 0 amide bonds. The summed E-state index contributed by atoms with van der Waals surface area (Å²) < 4.78 is 0. The number of Topliss-reactive ketones (excluding diaryl/α,β-unsaturated/α-hetero) is 1. The Labute approximate surface area is 90.5 Å². The van der Waals surface area contributed by atoms with Crippen LogP contribution in [0.5, 0.6) is 0 Å². The number of aliphatic hydroxyl groups is 2. The van der Waals surface area contributed by atoms with Gasteiger partial charge in [0.1, 0.15) is 5.78 Å². The quantitative estimate of drug-likeness (QED) is 0.734. The van der Waals surface area contributed by atoms with Gasteiger partial charge < -0.3 is 10.2 Å². The largest absolute Gasteiger partial charge is 0.393 e. The number of fused-ring (bicyclic) bond motifs is 1. The molecular formula is C12H20O3. The molecule has 2 rings (SSSR count). The molecule has 3 nitrogen and oxygen atoms in total. The molecule has 0 saturated heterocycles. The molecule has 2 fully saturated rings. The molecule has 0 aromatic heterocycles. The maximum absolute atomic E-state index is 11.2. The molecule has 0 radical (unpaired) electrons. The van der Waals surface area contributed by atoms with E-state index in [0.717, 1.165) is 19.3 Å². The van der Waals surface area contributed by atoms with Crippen LogP contribution in [0.15, 0.2) is 0 Å². The Hall–Kier alpha value is -0.410. The van der Waals surface area contributed by atoms with Crippen LogP contribution in [-0.2, 0) is 4.79 Å². The van der Waals surface area contributed by atoms with Crippen LogP contribution in [0.4, 0.5) is 0 Å². The molecule has 86 valence electrons. The highest BCUT2D eigenvalue weighted by atomic mass is 16.3. The van der Waals surface area contributed by atoms with Crippen LogP contribution in [-0.4, -0.2) is 28.2 Å². The van der Waals surface area contributed by atoms with Gasteiger partial charge in [0.25, 0.3) is 0 Å². The fraction of sp³-hybridized carbons (Fsp3) is 0.917. The molecule has 0 heterocycles. The maximum Gasteiger partial charge on any atom is 0.136 e. The third kappa shape index (κ3) is 1.95. The highest BCUT2D eigenvalue weighted by molar-refractivity contribution is 5.88. The fourth-order valence-corrected chi connectivity index (χ4v) is 3.08. The highest BCUT2D eigenvalue weighted by Crippen LogP contribution is 2.49. The average Bonchev–Trinajstić information content (AvgIpc) is 2.48. The standard InChI is InChI=1S/C12H20O3/c1-2-7(13)3-4-8-9-5-12(15)10(9)6-11(8)14/h7-11,13-14H,2-6H2,1H3. The van der Waals surface area contributed by atoms with Crippen LogP contribution in [0, 0.1) is 17.8 Å². The molecule has 5 unspecified atom stereocenters. The summed E-state index contributed by atoms with van der Waals surface area (Å²) in [6.45, 7) is 1.96. The van der Waals surface area contributed by atoms with Crippen molar-refractivity contribution in [1.82, 2.24) is 0 Å². The van der Waals surface area contributed by atoms with Gasteiger partial charge in [-0.15, -0.1) is 0 Å². The molecule has 2 N–H and O–H groups in total. The van der Waals surface area contributed by atoms with Gasteiger partial charge >= 0.3 is 0 Å². The molecule has 3 heteroatoms. The number of rotatable bonds is 4. The zero-order chi connectivity index (χ0) is 11.0. The summed E-state index contributed by atoms with van der Waals surface area (Å²) in [6, 6.07) is 0. The topological polar surface area (TPSA) is 57.5 Å². The zero-order valence-corrected chi connectivity index (χ0v) is 9.22. The van der Waals surface area contributed by atoms with Crippen LogP contribution >= 0.6 is 0 Å². The van der Waals surface area contributed by atoms with E-state index < -0.39 is 0 Å². The van der Waals surface area contributed by atoms with Crippen molar-refractivity contribution in [2.45, 2.75) is 51.2 Å². The predicted molar refractivity (Wildman–Crippen MR) is 56.2 cm³/mol. The molecule has 0 spiro atoms. The Morgan fingerprint density at radius 1 is 1.53 bits per heavy atom. The molecule has 15 heavy (non-hydrogen) atoms. The Morgan fingerprint density at radius 2 is 2.27 bits per heavy atom. The number of carbonyl (C=O) groups excluding carboxylic acids is 1. The Morgan fingerprint density at radius 3 is 2.80 bits per heavy atom. The SMILES string of the molecule is CCC(O)CCC1C(O)CC2C(=O)CC21. The van der Waals surface area contributed by atoms with E-state index in [1.54, 1.807) is 0 Å². The first-order chi connectivity index (χ1) is 7.13. The highest BCUT2D eigenvalue weighted by Gasteiger charge is 2.52. The lowest BCUT2D eigenvalue weighted by Gasteiger charge is -2.32. The van der Waals surface area contributed by atoms with Crippen LogP contribution in [0.2, 0.25) is 0 Å². The lowest BCUT2D eigenvalue weighted by molar-refractivity contribution is -0.133. The molecular weight excluding hydrogens is 192 g/mol. The van der Waals surface area contributed by atoms with Crippen molar-refractivity contribution < 1.29 is 15.0 Å². The first-order valence-electron chi connectivity index (χ1n) is 6.02. The second-order valence-electron chi connectivity index (χ2n) is 5.05. The van der Waals surface area contributed by atoms with E-state index in [4.69, 9.17) is 0 Å². The Balaban J connectivity index is 1.85. The molecule has 0 aliphatic heterocycles. The number of carbonyl (C=O) groups is 1. The second-order valence-corrected chi connectivity index (χ2v) is 5.05. The fourth-order valence-electron chi connectivity index (χ4n) is 3.08. The third-order valence-electron chi connectivity index (χ3n) is 4.21. The summed E-state index contributed by atoms with van der Waals surface area (Å²) in [6.07, 6.45) is 3.17. The number of hydrogen-bond donors (Lipinski definition) is 2. The molecule has 0 aromatic carbocycles.